The number of nitrogens with one attached hydrogen (secondary N) is 1. The lowest BCUT2D eigenvalue weighted by Crippen LogP contribution is -2.47. The van der Waals surface area contributed by atoms with Crippen molar-refractivity contribution in [1.82, 2.24) is 9.78 Å². The van der Waals surface area contributed by atoms with Crippen LogP contribution in [0.5, 0.6) is 5.75 Å². The number of halogens is 4. The van der Waals surface area contributed by atoms with Gasteiger partial charge in [-0.2, -0.15) is 18.3 Å². The Labute approximate surface area is 233 Å². The molecule has 1 aromatic carbocycles. The smallest absolute Gasteiger partial charge is 0.427 e. The van der Waals surface area contributed by atoms with Gasteiger partial charge in [-0.15, -0.1) is 0 Å². The Balaban J connectivity index is 1.72. The predicted molar refractivity (Wildman–Crippen MR) is 137 cm³/mol. The molecule has 0 bridgehead atoms. The van der Waals surface area contributed by atoms with Gasteiger partial charge in [0, 0.05) is 24.3 Å². The summed E-state index contributed by atoms with van der Waals surface area (Å²) in [6.07, 6.45) is -4.46. The van der Waals surface area contributed by atoms with E-state index in [2.05, 4.69) is 15.2 Å². The van der Waals surface area contributed by atoms with Gasteiger partial charge in [0.2, 0.25) is 5.60 Å². The number of anilines is 2. The summed E-state index contributed by atoms with van der Waals surface area (Å²) in [7, 11) is -4.39. The number of nitrogens with zero attached hydrogens (tertiary/aromatic N) is 3. The summed E-state index contributed by atoms with van der Waals surface area (Å²) < 4.78 is 80.2. The number of alkyl halides is 3. The molecular weight excluding hydrogens is 581 g/mol. The largest absolute Gasteiger partial charge is 0.486 e. The maximum atomic E-state index is 13.9. The van der Waals surface area contributed by atoms with Crippen LogP contribution >= 0.6 is 11.6 Å². The molecule has 11 nitrogen and oxygen atoms in total. The maximum absolute atomic E-state index is 13.9. The molecule has 2 N–H and O–H groups in total. The molecule has 4 rings (SSSR count). The van der Waals surface area contributed by atoms with Crippen LogP contribution < -0.4 is 14.4 Å². The van der Waals surface area contributed by atoms with Gasteiger partial charge in [0.1, 0.15) is 16.7 Å². The monoisotopic (exact) mass is 608 g/mol. The number of carboxylic acid groups (broad SMARTS) is 1. The van der Waals surface area contributed by atoms with Gasteiger partial charge < -0.3 is 14.6 Å². The second-order valence-electron chi connectivity index (χ2n) is 10.1. The standard InChI is InChI=1S/C24H28ClF3N4O7S/c1-4-31-12-19(21(25)30-31)40(36,37)32-11-18(15(10-20(33)34)13-5-6-13)38-17-8-7-14(9-16(17)32)29-22(35)39-23(2,3)24(26,27)28/h7-9,12-13,15,18H,4-6,10-11H2,1-3H3,(H,29,35)(H,33,34). The number of hydrogen-bond donors (Lipinski definition) is 2. The van der Waals surface area contributed by atoms with Crippen molar-refractivity contribution in [1.29, 1.82) is 0 Å². The third-order valence-corrected chi connectivity index (χ3v) is 8.99. The zero-order chi connectivity index (χ0) is 29.6. The molecule has 220 valence electrons. The van der Waals surface area contributed by atoms with Crippen LogP contribution in [-0.4, -0.2) is 59.8 Å². The van der Waals surface area contributed by atoms with E-state index in [0.29, 0.717) is 20.4 Å². The third kappa shape index (κ3) is 6.09. The van der Waals surface area contributed by atoms with Crippen molar-refractivity contribution in [2.45, 2.75) is 69.4 Å². The fourth-order valence-electron chi connectivity index (χ4n) is 4.40. The molecule has 1 aliphatic heterocycles. The Morgan fingerprint density at radius 2 is 1.98 bits per heavy atom. The van der Waals surface area contributed by atoms with Crippen molar-refractivity contribution in [3.05, 3.63) is 29.5 Å². The first kappa shape index (κ1) is 29.8. The molecule has 1 fully saturated rings. The maximum Gasteiger partial charge on any atom is 0.427 e. The molecule has 0 radical (unpaired) electrons. The minimum Gasteiger partial charge on any atom is -0.486 e. The highest BCUT2D eigenvalue weighted by molar-refractivity contribution is 7.93. The first-order chi connectivity index (χ1) is 18.5. The number of sulfonamides is 1. The predicted octanol–water partition coefficient (Wildman–Crippen LogP) is 4.90. The average molecular weight is 609 g/mol. The molecule has 1 aromatic heterocycles. The van der Waals surface area contributed by atoms with Crippen LogP contribution in [-0.2, 0) is 26.1 Å². The van der Waals surface area contributed by atoms with Gasteiger partial charge in [-0.1, -0.05) is 11.6 Å². The summed E-state index contributed by atoms with van der Waals surface area (Å²) in [6, 6.07) is 3.86. The van der Waals surface area contributed by atoms with Crippen LogP contribution in [0.4, 0.5) is 29.3 Å². The molecule has 0 spiro atoms. The molecule has 1 saturated carbocycles. The van der Waals surface area contributed by atoms with Crippen molar-refractivity contribution in [2.24, 2.45) is 11.8 Å². The van der Waals surface area contributed by atoms with E-state index >= 15 is 0 Å². The number of amides is 1. The van der Waals surface area contributed by atoms with E-state index in [0.717, 1.165) is 17.1 Å². The number of rotatable bonds is 9. The van der Waals surface area contributed by atoms with Crippen molar-refractivity contribution in [2.75, 3.05) is 16.2 Å². The SMILES string of the molecule is CCn1cc(S(=O)(=O)N2CC(C(CC(=O)O)C3CC3)Oc3ccc(NC(=O)OC(C)(C)C(F)(F)F)cc32)c(Cl)n1. The lowest BCUT2D eigenvalue weighted by molar-refractivity contribution is -0.242. The number of carboxylic acids is 1. The fourth-order valence-corrected chi connectivity index (χ4v) is 6.33. The first-order valence-corrected chi connectivity index (χ1v) is 14.2. The third-order valence-electron chi connectivity index (χ3n) is 6.82. The Morgan fingerprint density at radius 1 is 1.30 bits per heavy atom. The van der Waals surface area contributed by atoms with Crippen LogP contribution in [0.2, 0.25) is 5.15 Å². The second-order valence-corrected chi connectivity index (χ2v) is 12.3. The van der Waals surface area contributed by atoms with E-state index in [-0.39, 0.29) is 46.1 Å². The molecule has 1 aliphatic carbocycles. The molecule has 2 atom stereocenters. The van der Waals surface area contributed by atoms with E-state index in [4.69, 9.17) is 16.3 Å². The summed E-state index contributed by atoms with van der Waals surface area (Å²) in [5.74, 6) is -1.40. The number of ether oxygens (including phenoxy) is 2. The van der Waals surface area contributed by atoms with Gasteiger partial charge in [-0.05, 0) is 57.7 Å². The van der Waals surface area contributed by atoms with E-state index in [1.165, 1.54) is 29.1 Å². The van der Waals surface area contributed by atoms with Crippen LogP contribution in [0.3, 0.4) is 0 Å². The van der Waals surface area contributed by atoms with Gasteiger partial charge in [0.05, 0.1) is 18.7 Å². The Kier molecular flexibility index (Phi) is 7.93. The zero-order valence-electron chi connectivity index (χ0n) is 21.7. The lowest BCUT2D eigenvalue weighted by Gasteiger charge is -2.38. The number of aliphatic carboxylic acids is 1. The molecule has 1 amide bonds. The van der Waals surface area contributed by atoms with E-state index in [1.54, 1.807) is 6.92 Å². The average Bonchev–Trinajstić information content (AvgIpc) is 3.61. The molecular formula is C24H28ClF3N4O7S. The molecule has 40 heavy (non-hydrogen) atoms. The Hall–Kier alpha value is -3.20. The number of aryl methyl sites for hydroxylation is 1. The molecule has 0 saturated heterocycles. The minimum atomic E-state index is -4.83. The van der Waals surface area contributed by atoms with Crippen LogP contribution in [0, 0.1) is 11.8 Å². The Morgan fingerprint density at radius 3 is 2.52 bits per heavy atom. The fraction of sp³-hybridized carbons (Fsp3) is 0.542. The normalized spacial score (nSPS) is 18.5. The van der Waals surface area contributed by atoms with Crippen molar-refractivity contribution < 1.29 is 45.8 Å². The van der Waals surface area contributed by atoms with Gasteiger partial charge in [-0.3, -0.25) is 19.1 Å². The number of carbonyl (C=O) groups is 2. The molecule has 2 unspecified atom stereocenters. The highest BCUT2D eigenvalue weighted by Gasteiger charge is 2.51. The zero-order valence-corrected chi connectivity index (χ0v) is 23.3. The number of carbonyl (C=O) groups excluding carboxylic acids is 1. The topological polar surface area (TPSA) is 140 Å². The number of hydrogen-bond acceptors (Lipinski definition) is 7. The first-order valence-electron chi connectivity index (χ1n) is 12.4. The summed E-state index contributed by atoms with van der Waals surface area (Å²) >= 11 is 6.17. The quantitative estimate of drug-likeness (QED) is 0.410. The molecule has 2 aliphatic rings. The van der Waals surface area contributed by atoms with E-state index in [1.807, 2.05) is 0 Å². The Bertz CT molecular complexity index is 1410. The number of fused-ring (bicyclic) bond motifs is 1. The number of aromatic nitrogens is 2. The summed E-state index contributed by atoms with van der Waals surface area (Å²) in [5.41, 5.74) is -2.88. The summed E-state index contributed by atoms with van der Waals surface area (Å²) in [5, 5.41) is 15.4. The molecule has 2 heterocycles. The van der Waals surface area contributed by atoms with Gasteiger partial charge in [-0.25, -0.2) is 13.2 Å². The number of benzene rings is 1. The molecule has 2 aromatic rings. The van der Waals surface area contributed by atoms with Crippen LogP contribution in [0.15, 0.2) is 29.3 Å². The van der Waals surface area contributed by atoms with Crippen LogP contribution in [0.1, 0.15) is 40.0 Å². The summed E-state index contributed by atoms with van der Waals surface area (Å²) in [4.78, 5) is 23.6. The van der Waals surface area contributed by atoms with E-state index < -0.39 is 45.9 Å². The van der Waals surface area contributed by atoms with Gasteiger partial charge >= 0.3 is 18.2 Å². The lowest BCUT2D eigenvalue weighted by atomic mass is 9.92. The highest BCUT2D eigenvalue weighted by Crippen LogP contribution is 2.46. The van der Waals surface area contributed by atoms with Gasteiger partial charge in [0.25, 0.3) is 10.0 Å². The van der Waals surface area contributed by atoms with Gasteiger partial charge in [0.15, 0.2) is 5.15 Å². The van der Waals surface area contributed by atoms with Crippen molar-refractivity contribution in [3.63, 3.8) is 0 Å². The second kappa shape index (κ2) is 10.7. The minimum absolute atomic E-state index is 0.0330. The summed E-state index contributed by atoms with van der Waals surface area (Å²) in [6.45, 7) is 3.19. The van der Waals surface area contributed by atoms with Crippen molar-refractivity contribution in [3.8, 4) is 5.75 Å². The van der Waals surface area contributed by atoms with Crippen molar-refractivity contribution >= 4 is 45.1 Å². The van der Waals surface area contributed by atoms with E-state index in [9.17, 15) is 36.3 Å². The highest BCUT2D eigenvalue weighted by atomic mass is 35.5. The molecule has 16 heteroatoms. The van der Waals surface area contributed by atoms with Crippen LogP contribution in [0.25, 0.3) is 0 Å².